The summed E-state index contributed by atoms with van der Waals surface area (Å²) in [6.45, 7) is 8.17. The summed E-state index contributed by atoms with van der Waals surface area (Å²) in [5, 5.41) is 2.52. The van der Waals surface area contributed by atoms with Crippen molar-refractivity contribution < 1.29 is 4.74 Å². The van der Waals surface area contributed by atoms with Gasteiger partial charge in [-0.25, -0.2) is 0 Å². The molecule has 0 spiro atoms. The van der Waals surface area contributed by atoms with Gasteiger partial charge >= 0.3 is 0 Å². The van der Waals surface area contributed by atoms with E-state index < -0.39 is 0 Å². The van der Waals surface area contributed by atoms with Gasteiger partial charge in [0.15, 0.2) is 0 Å². The first-order chi connectivity index (χ1) is 7.70. The van der Waals surface area contributed by atoms with Gasteiger partial charge in [-0.05, 0) is 42.3 Å². The molecule has 1 nitrogen and oxygen atoms in total. The highest BCUT2D eigenvalue weighted by Gasteiger charge is 2.00. The molecule has 0 aliphatic rings. The first-order valence-corrected chi connectivity index (χ1v) is 5.76. The van der Waals surface area contributed by atoms with Gasteiger partial charge in [-0.15, -0.1) is 0 Å². The van der Waals surface area contributed by atoms with Crippen LogP contribution in [-0.2, 0) is 0 Å². The van der Waals surface area contributed by atoms with E-state index in [1.165, 1.54) is 21.9 Å². The van der Waals surface area contributed by atoms with E-state index in [-0.39, 0.29) is 0 Å². The Labute approximate surface area is 98.1 Å². The van der Waals surface area contributed by atoms with E-state index in [4.69, 9.17) is 4.74 Å². The second kappa shape index (κ2) is 5.55. The Bertz CT molecular complexity index is 472. The molecule has 0 radical (unpaired) electrons. The summed E-state index contributed by atoms with van der Waals surface area (Å²) in [7, 11) is 1.71. The summed E-state index contributed by atoms with van der Waals surface area (Å²) < 4.78 is 5.29. The standard InChI is InChI=1S/C13H14O.C2H6/c1-9-4-5-11-7-10(2)13(14-3)8-12(11)6-9;1-2/h4-8H,1-3H3;1-2H3. The molecule has 0 aliphatic heterocycles. The van der Waals surface area contributed by atoms with E-state index in [0.717, 1.165) is 5.75 Å². The van der Waals surface area contributed by atoms with E-state index in [1.807, 2.05) is 13.8 Å². The van der Waals surface area contributed by atoms with Crippen molar-refractivity contribution >= 4 is 10.8 Å². The number of hydrogen-bond donors (Lipinski definition) is 0. The second-order valence-electron chi connectivity index (χ2n) is 3.67. The largest absolute Gasteiger partial charge is 0.496 e. The number of rotatable bonds is 1. The van der Waals surface area contributed by atoms with Crippen LogP contribution in [0, 0.1) is 13.8 Å². The molecule has 0 N–H and O–H groups in total. The minimum Gasteiger partial charge on any atom is -0.496 e. The molecule has 0 saturated heterocycles. The molecule has 1 heteroatoms. The third-order valence-corrected chi connectivity index (χ3v) is 2.51. The molecule has 0 heterocycles. The molecule has 2 aromatic rings. The molecule has 0 aromatic heterocycles. The summed E-state index contributed by atoms with van der Waals surface area (Å²) in [5.41, 5.74) is 2.47. The second-order valence-corrected chi connectivity index (χ2v) is 3.67. The maximum atomic E-state index is 5.29. The van der Waals surface area contributed by atoms with Crippen LogP contribution in [0.5, 0.6) is 5.75 Å². The molecule has 16 heavy (non-hydrogen) atoms. The topological polar surface area (TPSA) is 9.23 Å². The molecule has 2 rings (SSSR count). The van der Waals surface area contributed by atoms with Crippen molar-refractivity contribution in [2.24, 2.45) is 0 Å². The van der Waals surface area contributed by atoms with Crippen molar-refractivity contribution in [3.63, 3.8) is 0 Å². The predicted octanol–water partition coefficient (Wildman–Crippen LogP) is 4.49. The maximum Gasteiger partial charge on any atom is 0.122 e. The van der Waals surface area contributed by atoms with Crippen molar-refractivity contribution in [2.75, 3.05) is 7.11 Å². The number of benzene rings is 2. The molecule has 0 amide bonds. The number of fused-ring (bicyclic) bond motifs is 1. The summed E-state index contributed by atoms with van der Waals surface area (Å²) in [6, 6.07) is 10.7. The van der Waals surface area contributed by atoms with Crippen LogP contribution in [0.2, 0.25) is 0 Å². The Morgan fingerprint density at radius 3 is 2.19 bits per heavy atom. The average molecular weight is 216 g/mol. The van der Waals surface area contributed by atoms with Crippen LogP contribution in [-0.4, -0.2) is 7.11 Å². The van der Waals surface area contributed by atoms with Crippen LogP contribution in [0.3, 0.4) is 0 Å². The van der Waals surface area contributed by atoms with Gasteiger partial charge in [0.1, 0.15) is 5.75 Å². The zero-order chi connectivity index (χ0) is 12.1. The Kier molecular flexibility index (Phi) is 4.36. The van der Waals surface area contributed by atoms with Gasteiger partial charge < -0.3 is 4.74 Å². The number of methoxy groups -OCH3 is 1. The van der Waals surface area contributed by atoms with E-state index >= 15 is 0 Å². The lowest BCUT2D eigenvalue weighted by atomic mass is 10.0. The van der Waals surface area contributed by atoms with Gasteiger partial charge in [-0.1, -0.05) is 37.6 Å². The molecule has 0 saturated carbocycles. The lowest BCUT2D eigenvalue weighted by Crippen LogP contribution is -1.87. The number of aryl methyl sites for hydroxylation is 2. The molecular formula is C15H20O. The van der Waals surface area contributed by atoms with Gasteiger partial charge in [0.05, 0.1) is 7.11 Å². The van der Waals surface area contributed by atoms with Crippen LogP contribution in [0.25, 0.3) is 10.8 Å². The SMILES string of the molecule is CC.COc1cc2cc(C)ccc2cc1C. The zero-order valence-electron chi connectivity index (χ0n) is 10.8. The maximum absolute atomic E-state index is 5.29. The highest BCUT2D eigenvalue weighted by atomic mass is 16.5. The molecule has 86 valence electrons. The molecule has 0 aliphatic carbocycles. The molecule has 0 atom stereocenters. The normalized spacial score (nSPS) is 9.56. The van der Waals surface area contributed by atoms with Crippen molar-refractivity contribution in [1.29, 1.82) is 0 Å². The fourth-order valence-electron chi connectivity index (χ4n) is 1.73. The zero-order valence-corrected chi connectivity index (χ0v) is 10.8. The third-order valence-electron chi connectivity index (χ3n) is 2.51. The van der Waals surface area contributed by atoms with E-state index in [9.17, 15) is 0 Å². The summed E-state index contributed by atoms with van der Waals surface area (Å²) in [5.74, 6) is 0.961. The summed E-state index contributed by atoms with van der Waals surface area (Å²) in [4.78, 5) is 0. The lowest BCUT2D eigenvalue weighted by molar-refractivity contribution is 0.412. The van der Waals surface area contributed by atoms with Crippen LogP contribution in [0.15, 0.2) is 30.3 Å². The van der Waals surface area contributed by atoms with Gasteiger partial charge in [-0.3, -0.25) is 0 Å². The molecule has 0 unspecified atom stereocenters. The van der Waals surface area contributed by atoms with Crippen molar-refractivity contribution in [1.82, 2.24) is 0 Å². The minimum absolute atomic E-state index is 0.961. The molecular weight excluding hydrogens is 196 g/mol. The van der Waals surface area contributed by atoms with Gasteiger partial charge in [-0.2, -0.15) is 0 Å². The van der Waals surface area contributed by atoms with Gasteiger partial charge in [0.2, 0.25) is 0 Å². The summed E-state index contributed by atoms with van der Waals surface area (Å²) in [6.07, 6.45) is 0. The van der Waals surface area contributed by atoms with Crippen LogP contribution in [0.4, 0.5) is 0 Å². The Morgan fingerprint density at radius 2 is 1.56 bits per heavy atom. The smallest absolute Gasteiger partial charge is 0.122 e. The van der Waals surface area contributed by atoms with Crippen LogP contribution in [0.1, 0.15) is 25.0 Å². The van der Waals surface area contributed by atoms with Crippen LogP contribution >= 0.6 is 0 Å². The highest BCUT2D eigenvalue weighted by molar-refractivity contribution is 5.85. The molecule has 0 bridgehead atoms. The molecule has 0 fully saturated rings. The third kappa shape index (κ3) is 2.54. The van der Waals surface area contributed by atoms with E-state index in [2.05, 4.69) is 44.2 Å². The van der Waals surface area contributed by atoms with Crippen molar-refractivity contribution in [2.45, 2.75) is 27.7 Å². The fourth-order valence-corrected chi connectivity index (χ4v) is 1.73. The van der Waals surface area contributed by atoms with Crippen molar-refractivity contribution in [3.05, 3.63) is 41.5 Å². The van der Waals surface area contributed by atoms with Crippen molar-refractivity contribution in [3.8, 4) is 5.75 Å². The Balaban J connectivity index is 0.000000606. The quantitative estimate of drug-likeness (QED) is 0.682. The molecule has 2 aromatic carbocycles. The summed E-state index contributed by atoms with van der Waals surface area (Å²) >= 11 is 0. The first kappa shape index (κ1) is 12.6. The first-order valence-electron chi connectivity index (χ1n) is 5.76. The number of hydrogen-bond acceptors (Lipinski definition) is 1. The van der Waals surface area contributed by atoms with E-state index in [0.29, 0.717) is 0 Å². The van der Waals surface area contributed by atoms with Gasteiger partial charge in [0.25, 0.3) is 0 Å². The van der Waals surface area contributed by atoms with Gasteiger partial charge in [0, 0.05) is 0 Å². The van der Waals surface area contributed by atoms with E-state index in [1.54, 1.807) is 7.11 Å². The lowest BCUT2D eigenvalue weighted by Gasteiger charge is -2.07. The Morgan fingerprint density at radius 1 is 0.875 bits per heavy atom. The Hall–Kier alpha value is -1.50. The minimum atomic E-state index is 0.961. The predicted molar refractivity (Wildman–Crippen MR) is 71.3 cm³/mol. The monoisotopic (exact) mass is 216 g/mol. The number of ether oxygens (including phenoxy) is 1. The average Bonchev–Trinajstić information content (AvgIpc) is 2.31. The fraction of sp³-hybridized carbons (Fsp3) is 0.333. The highest BCUT2D eigenvalue weighted by Crippen LogP contribution is 2.25. The van der Waals surface area contributed by atoms with Crippen LogP contribution < -0.4 is 4.74 Å².